The molecule has 1 amide bonds. The van der Waals surface area contributed by atoms with Crippen molar-refractivity contribution in [2.24, 2.45) is 5.92 Å². The van der Waals surface area contributed by atoms with E-state index in [9.17, 15) is 4.79 Å². The predicted molar refractivity (Wildman–Crippen MR) is 81.4 cm³/mol. The Kier molecular flexibility index (Phi) is 5.67. The van der Waals surface area contributed by atoms with Crippen LogP contribution in [0.4, 0.5) is 5.69 Å². The molecule has 3 nitrogen and oxygen atoms in total. The third-order valence-corrected chi connectivity index (χ3v) is 3.20. The van der Waals surface area contributed by atoms with Gasteiger partial charge >= 0.3 is 0 Å². The highest BCUT2D eigenvalue weighted by molar-refractivity contribution is 5.85. The van der Waals surface area contributed by atoms with Gasteiger partial charge in [0, 0.05) is 18.3 Å². The van der Waals surface area contributed by atoms with Gasteiger partial charge in [-0.2, -0.15) is 0 Å². The largest absolute Gasteiger partial charge is 0.399 e. The Morgan fingerprint density at radius 2 is 1.89 bits per heavy atom. The van der Waals surface area contributed by atoms with Crippen LogP contribution in [-0.4, -0.2) is 23.4 Å². The lowest BCUT2D eigenvalue weighted by Crippen LogP contribution is -2.37. The maximum atomic E-state index is 12.3. The van der Waals surface area contributed by atoms with Gasteiger partial charge in [-0.15, -0.1) is 12.4 Å². The van der Waals surface area contributed by atoms with Gasteiger partial charge in [-0.1, -0.05) is 26.0 Å². The number of nitrogens with two attached hydrogens (primary N) is 1. The van der Waals surface area contributed by atoms with Crippen LogP contribution in [0.1, 0.15) is 32.3 Å². The van der Waals surface area contributed by atoms with Gasteiger partial charge in [0.05, 0.1) is 6.42 Å². The Bertz CT molecular complexity index is 413. The van der Waals surface area contributed by atoms with E-state index in [1.54, 1.807) is 0 Å². The summed E-state index contributed by atoms with van der Waals surface area (Å²) in [6.45, 7) is 5.19. The number of carbonyl (C=O) groups is 1. The summed E-state index contributed by atoms with van der Waals surface area (Å²) in [6.07, 6.45) is 2.82. The molecule has 0 unspecified atom stereocenters. The van der Waals surface area contributed by atoms with Crippen LogP contribution in [0.2, 0.25) is 0 Å². The number of nitrogens with zero attached hydrogens (tertiary/aromatic N) is 1. The topological polar surface area (TPSA) is 46.3 Å². The van der Waals surface area contributed by atoms with Gasteiger partial charge < -0.3 is 10.6 Å². The van der Waals surface area contributed by atoms with Crippen molar-refractivity contribution in [3.05, 3.63) is 29.8 Å². The Labute approximate surface area is 121 Å². The molecule has 106 valence electrons. The average molecular weight is 283 g/mol. The SMILES string of the molecule is CC(C)CN(C(=O)Cc1ccc(N)cc1)C1CC1.Cl. The van der Waals surface area contributed by atoms with Crippen LogP contribution in [0.15, 0.2) is 24.3 Å². The van der Waals surface area contributed by atoms with Gasteiger partial charge in [-0.25, -0.2) is 0 Å². The molecule has 0 bridgehead atoms. The van der Waals surface area contributed by atoms with Gasteiger partial charge in [0.25, 0.3) is 0 Å². The summed E-state index contributed by atoms with van der Waals surface area (Å²) in [5.74, 6) is 0.775. The molecule has 2 rings (SSSR count). The number of carbonyl (C=O) groups excluding carboxylic acids is 1. The van der Waals surface area contributed by atoms with Gasteiger partial charge in [0.2, 0.25) is 5.91 Å². The summed E-state index contributed by atoms with van der Waals surface area (Å²) < 4.78 is 0. The molecule has 0 atom stereocenters. The summed E-state index contributed by atoms with van der Waals surface area (Å²) >= 11 is 0. The number of nitrogen functional groups attached to an aromatic ring is 1. The van der Waals surface area contributed by atoms with Gasteiger partial charge in [-0.05, 0) is 36.5 Å². The van der Waals surface area contributed by atoms with Crippen LogP contribution < -0.4 is 5.73 Å². The first-order valence-corrected chi connectivity index (χ1v) is 6.70. The maximum Gasteiger partial charge on any atom is 0.227 e. The zero-order valence-electron chi connectivity index (χ0n) is 11.6. The highest BCUT2D eigenvalue weighted by Crippen LogP contribution is 2.28. The molecule has 0 heterocycles. The van der Waals surface area contributed by atoms with Crippen molar-refractivity contribution in [3.63, 3.8) is 0 Å². The minimum atomic E-state index is 0. The van der Waals surface area contributed by atoms with E-state index >= 15 is 0 Å². The molecule has 0 saturated heterocycles. The maximum absolute atomic E-state index is 12.3. The quantitative estimate of drug-likeness (QED) is 0.844. The van der Waals surface area contributed by atoms with E-state index in [1.165, 1.54) is 12.8 Å². The van der Waals surface area contributed by atoms with Crippen molar-refractivity contribution in [1.82, 2.24) is 4.90 Å². The van der Waals surface area contributed by atoms with Crippen LogP contribution in [0.5, 0.6) is 0 Å². The zero-order valence-corrected chi connectivity index (χ0v) is 12.5. The minimum Gasteiger partial charge on any atom is -0.399 e. The number of hydrogen-bond donors (Lipinski definition) is 1. The first kappa shape index (κ1) is 15.8. The van der Waals surface area contributed by atoms with Crippen molar-refractivity contribution in [1.29, 1.82) is 0 Å². The second-order valence-corrected chi connectivity index (χ2v) is 5.59. The average Bonchev–Trinajstić information content (AvgIpc) is 3.12. The number of amides is 1. The van der Waals surface area contributed by atoms with E-state index in [0.29, 0.717) is 18.4 Å². The minimum absolute atomic E-state index is 0. The van der Waals surface area contributed by atoms with E-state index < -0.39 is 0 Å². The molecule has 4 heteroatoms. The fourth-order valence-corrected chi connectivity index (χ4v) is 2.15. The molecule has 0 radical (unpaired) electrons. The van der Waals surface area contributed by atoms with E-state index in [4.69, 9.17) is 5.73 Å². The van der Waals surface area contributed by atoms with Gasteiger partial charge in [0.15, 0.2) is 0 Å². The number of halogens is 1. The van der Waals surface area contributed by atoms with Crippen LogP contribution in [0, 0.1) is 5.92 Å². The molecule has 1 aromatic carbocycles. The van der Waals surface area contributed by atoms with E-state index in [-0.39, 0.29) is 18.3 Å². The van der Waals surface area contributed by atoms with E-state index in [1.807, 2.05) is 24.3 Å². The van der Waals surface area contributed by atoms with E-state index in [0.717, 1.165) is 17.8 Å². The third-order valence-electron chi connectivity index (χ3n) is 3.20. The van der Waals surface area contributed by atoms with Crippen LogP contribution in [-0.2, 0) is 11.2 Å². The molecule has 1 aliphatic rings. The fourth-order valence-electron chi connectivity index (χ4n) is 2.15. The lowest BCUT2D eigenvalue weighted by atomic mass is 10.1. The highest BCUT2D eigenvalue weighted by Gasteiger charge is 2.32. The molecular formula is C15H23ClN2O. The summed E-state index contributed by atoms with van der Waals surface area (Å²) in [5, 5.41) is 0. The first-order valence-electron chi connectivity index (χ1n) is 6.70. The normalized spacial score (nSPS) is 14.1. The summed E-state index contributed by atoms with van der Waals surface area (Å²) in [6, 6.07) is 8.08. The molecular weight excluding hydrogens is 260 g/mol. The number of hydrogen-bond acceptors (Lipinski definition) is 2. The highest BCUT2D eigenvalue weighted by atomic mass is 35.5. The lowest BCUT2D eigenvalue weighted by molar-refractivity contribution is -0.131. The molecule has 19 heavy (non-hydrogen) atoms. The van der Waals surface area contributed by atoms with Crippen LogP contribution >= 0.6 is 12.4 Å². The standard InChI is InChI=1S/C15H22N2O.ClH/c1-11(2)10-17(14-7-8-14)15(18)9-12-3-5-13(16)6-4-12;/h3-6,11,14H,7-10,16H2,1-2H3;1H. The summed E-state index contributed by atoms with van der Waals surface area (Å²) in [5.41, 5.74) is 7.43. The number of anilines is 1. The molecule has 0 spiro atoms. The predicted octanol–water partition coefficient (Wildman–Crippen LogP) is 2.88. The first-order chi connectivity index (χ1) is 8.56. The fraction of sp³-hybridized carbons (Fsp3) is 0.533. The van der Waals surface area contributed by atoms with Crippen molar-refractivity contribution < 1.29 is 4.79 Å². The monoisotopic (exact) mass is 282 g/mol. The molecule has 1 aliphatic carbocycles. The van der Waals surface area contributed by atoms with Crippen molar-refractivity contribution in [2.45, 2.75) is 39.2 Å². The van der Waals surface area contributed by atoms with E-state index in [2.05, 4.69) is 18.7 Å². The molecule has 0 aliphatic heterocycles. The van der Waals surface area contributed by atoms with Crippen LogP contribution in [0.3, 0.4) is 0 Å². The Morgan fingerprint density at radius 3 is 2.37 bits per heavy atom. The molecule has 0 aromatic heterocycles. The summed E-state index contributed by atoms with van der Waals surface area (Å²) in [4.78, 5) is 14.4. The Hall–Kier alpha value is -1.22. The van der Waals surface area contributed by atoms with Crippen molar-refractivity contribution >= 4 is 24.0 Å². The van der Waals surface area contributed by atoms with Gasteiger partial charge in [0.1, 0.15) is 0 Å². The zero-order chi connectivity index (χ0) is 13.1. The van der Waals surface area contributed by atoms with Crippen molar-refractivity contribution in [3.8, 4) is 0 Å². The second-order valence-electron chi connectivity index (χ2n) is 5.59. The third kappa shape index (κ3) is 4.75. The van der Waals surface area contributed by atoms with Crippen molar-refractivity contribution in [2.75, 3.05) is 12.3 Å². The summed E-state index contributed by atoms with van der Waals surface area (Å²) in [7, 11) is 0. The lowest BCUT2D eigenvalue weighted by Gasteiger charge is -2.24. The Balaban J connectivity index is 0.00000180. The number of benzene rings is 1. The van der Waals surface area contributed by atoms with Crippen LogP contribution in [0.25, 0.3) is 0 Å². The molecule has 2 N–H and O–H groups in total. The molecule has 1 saturated carbocycles. The smallest absolute Gasteiger partial charge is 0.227 e. The molecule has 1 aromatic rings. The Morgan fingerprint density at radius 1 is 1.32 bits per heavy atom. The van der Waals surface area contributed by atoms with Gasteiger partial charge in [-0.3, -0.25) is 4.79 Å². The second kappa shape index (κ2) is 6.80. The molecule has 1 fully saturated rings. The number of rotatable bonds is 5.